The van der Waals surface area contributed by atoms with Crippen molar-refractivity contribution in [1.29, 1.82) is 0 Å². The van der Waals surface area contributed by atoms with Crippen molar-refractivity contribution in [2.24, 2.45) is 0 Å². The van der Waals surface area contributed by atoms with Crippen LogP contribution in [0.1, 0.15) is 41.0 Å². The third-order valence-corrected chi connectivity index (χ3v) is 3.29. The molecule has 5 heteroatoms. The highest BCUT2D eigenvalue weighted by Crippen LogP contribution is 2.18. The zero-order valence-corrected chi connectivity index (χ0v) is 12.7. The van der Waals surface area contributed by atoms with Crippen molar-refractivity contribution in [3.63, 3.8) is 0 Å². The van der Waals surface area contributed by atoms with Gasteiger partial charge in [-0.1, -0.05) is 25.1 Å². The lowest BCUT2D eigenvalue weighted by atomic mass is 10.1. The number of anilines is 1. The van der Waals surface area contributed by atoms with Gasteiger partial charge in [-0.25, -0.2) is 4.98 Å². The standard InChI is InChI=1S/C16H21N3O2/c1-4-9-19(10-13-7-5-6-8-14(13)17)16(20)15-11(2)18-12(3)21-15/h5-8H,4,9-10,17H2,1-3H3. The molecule has 1 heterocycles. The molecule has 0 saturated carbocycles. The highest BCUT2D eigenvalue weighted by molar-refractivity contribution is 5.92. The topological polar surface area (TPSA) is 72.4 Å². The fraction of sp³-hybridized carbons (Fsp3) is 0.375. The molecule has 0 bridgehead atoms. The van der Waals surface area contributed by atoms with Crippen molar-refractivity contribution >= 4 is 11.6 Å². The Hall–Kier alpha value is -2.30. The molecule has 21 heavy (non-hydrogen) atoms. The van der Waals surface area contributed by atoms with Crippen LogP contribution in [0.15, 0.2) is 28.7 Å². The van der Waals surface area contributed by atoms with Gasteiger partial charge in [0.25, 0.3) is 5.91 Å². The van der Waals surface area contributed by atoms with Crippen molar-refractivity contribution in [3.8, 4) is 0 Å². The average molecular weight is 287 g/mol. The van der Waals surface area contributed by atoms with Gasteiger partial charge in [0.2, 0.25) is 5.76 Å². The Balaban J connectivity index is 2.24. The molecule has 2 rings (SSSR count). The fourth-order valence-corrected chi connectivity index (χ4v) is 2.28. The van der Waals surface area contributed by atoms with Crippen LogP contribution in [0.2, 0.25) is 0 Å². The van der Waals surface area contributed by atoms with Crippen LogP contribution < -0.4 is 5.73 Å². The van der Waals surface area contributed by atoms with Crippen LogP contribution in [0.5, 0.6) is 0 Å². The quantitative estimate of drug-likeness (QED) is 0.858. The summed E-state index contributed by atoms with van der Waals surface area (Å²) < 4.78 is 5.44. The lowest BCUT2D eigenvalue weighted by Gasteiger charge is -2.22. The molecule has 1 aromatic heterocycles. The van der Waals surface area contributed by atoms with Gasteiger partial charge in [0.05, 0.1) is 5.69 Å². The first-order chi connectivity index (χ1) is 10.0. The minimum Gasteiger partial charge on any atom is -0.436 e. The van der Waals surface area contributed by atoms with Crippen LogP contribution in [0.3, 0.4) is 0 Å². The normalized spacial score (nSPS) is 10.6. The molecule has 0 atom stereocenters. The van der Waals surface area contributed by atoms with Crippen LogP contribution in [-0.2, 0) is 6.54 Å². The molecule has 0 fully saturated rings. The Bertz CT molecular complexity index is 634. The van der Waals surface area contributed by atoms with Gasteiger partial charge in [-0.3, -0.25) is 4.79 Å². The second-order valence-electron chi connectivity index (χ2n) is 5.07. The number of aromatic nitrogens is 1. The van der Waals surface area contributed by atoms with Gasteiger partial charge in [0, 0.05) is 25.7 Å². The number of nitrogens with zero attached hydrogens (tertiary/aromatic N) is 2. The van der Waals surface area contributed by atoms with Gasteiger partial charge in [0.15, 0.2) is 5.89 Å². The molecule has 0 spiro atoms. The Morgan fingerprint density at radius 3 is 2.62 bits per heavy atom. The SMILES string of the molecule is CCCN(Cc1ccccc1N)C(=O)c1oc(C)nc1C. The van der Waals surface area contributed by atoms with Gasteiger partial charge in [-0.2, -0.15) is 0 Å². The monoisotopic (exact) mass is 287 g/mol. The molecule has 1 aromatic carbocycles. The summed E-state index contributed by atoms with van der Waals surface area (Å²) in [4.78, 5) is 18.5. The van der Waals surface area contributed by atoms with E-state index in [1.54, 1.807) is 18.7 Å². The second-order valence-corrected chi connectivity index (χ2v) is 5.07. The lowest BCUT2D eigenvalue weighted by molar-refractivity contribution is 0.0709. The molecule has 112 valence electrons. The maximum absolute atomic E-state index is 12.6. The van der Waals surface area contributed by atoms with E-state index < -0.39 is 0 Å². The summed E-state index contributed by atoms with van der Waals surface area (Å²) in [6.07, 6.45) is 0.866. The van der Waals surface area contributed by atoms with Crippen LogP contribution >= 0.6 is 0 Å². The molecule has 5 nitrogen and oxygen atoms in total. The van der Waals surface area contributed by atoms with E-state index >= 15 is 0 Å². The molecule has 0 aliphatic rings. The first-order valence-corrected chi connectivity index (χ1v) is 7.09. The molecule has 0 aliphatic heterocycles. The molecule has 0 saturated heterocycles. The van der Waals surface area contributed by atoms with E-state index in [4.69, 9.17) is 10.2 Å². The zero-order chi connectivity index (χ0) is 15.4. The Labute approximate surface area is 124 Å². The summed E-state index contributed by atoms with van der Waals surface area (Å²) in [5.74, 6) is 0.681. The second kappa shape index (κ2) is 6.43. The maximum Gasteiger partial charge on any atom is 0.291 e. The van der Waals surface area contributed by atoms with E-state index in [0.717, 1.165) is 12.0 Å². The summed E-state index contributed by atoms with van der Waals surface area (Å²) in [6.45, 7) is 6.67. The van der Waals surface area contributed by atoms with Gasteiger partial charge < -0.3 is 15.1 Å². The predicted molar refractivity (Wildman–Crippen MR) is 81.9 cm³/mol. The van der Waals surface area contributed by atoms with E-state index in [1.807, 2.05) is 31.2 Å². The van der Waals surface area contributed by atoms with Crippen LogP contribution in [0.25, 0.3) is 0 Å². The first kappa shape index (κ1) is 15.1. The summed E-state index contributed by atoms with van der Waals surface area (Å²) in [6, 6.07) is 7.58. The van der Waals surface area contributed by atoms with Gasteiger partial charge in [-0.15, -0.1) is 0 Å². The number of carbonyl (C=O) groups excluding carboxylic acids is 1. The molecule has 2 aromatic rings. The number of nitrogen functional groups attached to an aromatic ring is 1. The zero-order valence-electron chi connectivity index (χ0n) is 12.7. The van der Waals surface area contributed by atoms with Crippen LogP contribution in [-0.4, -0.2) is 22.3 Å². The minimum atomic E-state index is -0.141. The Morgan fingerprint density at radius 1 is 1.33 bits per heavy atom. The third-order valence-electron chi connectivity index (χ3n) is 3.29. The largest absolute Gasteiger partial charge is 0.436 e. The molecule has 2 N–H and O–H groups in total. The maximum atomic E-state index is 12.6. The minimum absolute atomic E-state index is 0.141. The molecule has 0 aliphatic carbocycles. The number of carbonyl (C=O) groups is 1. The number of oxazole rings is 1. The van der Waals surface area contributed by atoms with E-state index in [0.29, 0.717) is 36.1 Å². The average Bonchev–Trinajstić information content (AvgIpc) is 2.79. The number of hydrogen-bond donors (Lipinski definition) is 1. The van der Waals surface area contributed by atoms with E-state index in [-0.39, 0.29) is 5.91 Å². The predicted octanol–water partition coefficient (Wildman–Crippen LogP) is 2.93. The van der Waals surface area contributed by atoms with E-state index in [1.165, 1.54) is 0 Å². The molecular weight excluding hydrogens is 266 g/mol. The summed E-state index contributed by atoms with van der Waals surface area (Å²) in [7, 11) is 0. The molecule has 1 amide bonds. The number of nitrogens with two attached hydrogens (primary N) is 1. The number of aryl methyl sites for hydroxylation is 2. The van der Waals surface area contributed by atoms with Crippen LogP contribution in [0.4, 0.5) is 5.69 Å². The smallest absolute Gasteiger partial charge is 0.291 e. The Morgan fingerprint density at radius 2 is 2.05 bits per heavy atom. The van der Waals surface area contributed by atoms with E-state index in [2.05, 4.69) is 4.98 Å². The number of amides is 1. The van der Waals surface area contributed by atoms with E-state index in [9.17, 15) is 4.79 Å². The number of rotatable bonds is 5. The van der Waals surface area contributed by atoms with Crippen molar-refractivity contribution in [3.05, 3.63) is 47.2 Å². The lowest BCUT2D eigenvalue weighted by Crippen LogP contribution is -2.31. The molecule has 0 radical (unpaired) electrons. The van der Waals surface area contributed by atoms with Gasteiger partial charge >= 0.3 is 0 Å². The van der Waals surface area contributed by atoms with Gasteiger partial charge in [0.1, 0.15) is 0 Å². The molecule has 0 unspecified atom stereocenters. The first-order valence-electron chi connectivity index (χ1n) is 7.09. The number of hydrogen-bond acceptors (Lipinski definition) is 4. The highest BCUT2D eigenvalue weighted by Gasteiger charge is 2.22. The van der Waals surface area contributed by atoms with Crippen molar-refractivity contribution < 1.29 is 9.21 Å². The number of benzene rings is 1. The summed E-state index contributed by atoms with van der Waals surface area (Å²) in [5.41, 5.74) is 8.22. The molecular formula is C16H21N3O2. The van der Waals surface area contributed by atoms with Crippen LogP contribution in [0, 0.1) is 13.8 Å². The van der Waals surface area contributed by atoms with Gasteiger partial charge in [-0.05, 0) is 25.0 Å². The highest BCUT2D eigenvalue weighted by atomic mass is 16.4. The Kier molecular flexibility index (Phi) is 4.62. The summed E-state index contributed by atoms with van der Waals surface area (Å²) >= 11 is 0. The number of para-hydroxylation sites is 1. The van der Waals surface area contributed by atoms with Crippen molar-refractivity contribution in [1.82, 2.24) is 9.88 Å². The third kappa shape index (κ3) is 3.42. The summed E-state index contributed by atoms with van der Waals surface area (Å²) in [5, 5.41) is 0. The van der Waals surface area contributed by atoms with Crippen molar-refractivity contribution in [2.75, 3.05) is 12.3 Å². The van der Waals surface area contributed by atoms with Crippen molar-refractivity contribution in [2.45, 2.75) is 33.7 Å². The fourth-order valence-electron chi connectivity index (χ4n) is 2.28.